The van der Waals surface area contributed by atoms with E-state index in [-0.39, 0.29) is 12.5 Å². The van der Waals surface area contributed by atoms with Gasteiger partial charge in [0.1, 0.15) is 6.61 Å². The zero-order chi connectivity index (χ0) is 22.9. The van der Waals surface area contributed by atoms with Crippen LogP contribution in [0.15, 0.2) is 29.3 Å². The number of hydrogen-bond acceptors (Lipinski definition) is 3. The summed E-state index contributed by atoms with van der Waals surface area (Å²) in [7, 11) is 3.58. The number of nitrogens with one attached hydrogen (secondary N) is 2. The van der Waals surface area contributed by atoms with Gasteiger partial charge in [-0.2, -0.15) is 13.2 Å². The standard InChI is InChI=1S/C22H33F3N4O2/c1-4-26-20(28-15-21(11-5-6-12-21)19(30)29(2)3)27-13-17-7-9-18(10-8-17)14-31-16-22(23,24)25/h7-10H,4-6,11-16H2,1-3H3,(H2,26,27,28). The summed E-state index contributed by atoms with van der Waals surface area (Å²) in [5.41, 5.74) is 1.21. The molecular weight excluding hydrogens is 409 g/mol. The molecule has 2 rings (SSSR count). The minimum Gasteiger partial charge on any atom is -0.367 e. The van der Waals surface area contributed by atoms with Crippen molar-refractivity contribution in [2.24, 2.45) is 10.4 Å². The zero-order valence-electron chi connectivity index (χ0n) is 18.5. The van der Waals surface area contributed by atoms with E-state index in [1.807, 2.05) is 19.1 Å². The molecule has 2 N–H and O–H groups in total. The van der Waals surface area contributed by atoms with Gasteiger partial charge in [0, 0.05) is 27.2 Å². The number of alkyl halides is 3. The van der Waals surface area contributed by atoms with Crippen molar-refractivity contribution >= 4 is 11.9 Å². The number of carbonyl (C=O) groups is 1. The van der Waals surface area contributed by atoms with Gasteiger partial charge in [-0.05, 0) is 30.9 Å². The second-order valence-electron chi connectivity index (χ2n) is 8.16. The molecule has 6 nitrogen and oxygen atoms in total. The fourth-order valence-corrected chi connectivity index (χ4v) is 3.78. The number of guanidine groups is 1. The lowest BCUT2D eigenvalue weighted by atomic mass is 9.84. The quantitative estimate of drug-likeness (QED) is 0.454. The van der Waals surface area contributed by atoms with Gasteiger partial charge >= 0.3 is 6.18 Å². The average molecular weight is 443 g/mol. The highest BCUT2D eigenvalue weighted by Crippen LogP contribution is 2.38. The average Bonchev–Trinajstić information content (AvgIpc) is 3.19. The minimum absolute atomic E-state index is 0.0881. The second-order valence-corrected chi connectivity index (χ2v) is 8.16. The van der Waals surface area contributed by atoms with Gasteiger partial charge in [0.2, 0.25) is 5.91 Å². The number of amides is 1. The summed E-state index contributed by atoms with van der Waals surface area (Å²) < 4.78 is 41.1. The molecule has 0 saturated heterocycles. The number of nitrogens with zero attached hydrogens (tertiary/aromatic N) is 2. The van der Waals surface area contributed by atoms with Gasteiger partial charge in [-0.15, -0.1) is 0 Å². The Balaban J connectivity index is 1.94. The maximum atomic E-state index is 12.7. The predicted octanol–water partition coefficient (Wildman–Crippen LogP) is 3.47. The molecule has 0 bridgehead atoms. The summed E-state index contributed by atoms with van der Waals surface area (Å²) in [5.74, 6) is 0.787. The fraction of sp³-hybridized carbons (Fsp3) is 0.636. The Labute approximate surface area is 182 Å². The van der Waals surface area contributed by atoms with E-state index in [0.29, 0.717) is 31.2 Å². The first kappa shape index (κ1) is 25.0. The molecule has 0 radical (unpaired) electrons. The van der Waals surface area contributed by atoms with E-state index in [0.717, 1.165) is 31.2 Å². The van der Waals surface area contributed by atoms with Crippen molar-refractivity contribution in [3.63, 3.8) is 0 Å². The van der Waals surface area contributed by atoms with Crippen LogP contribution in [0.3, 0.4) is 0 Å². The van der Waals surface area contributed by atoms with Crippen LogP contribution in [0.1, 0.15) is 43.7 Å². The van der Waals surface area contributed by atoms with Gasteiger partial charge in [0.25, 0.3) is 0 Å². The number of carbonyl (C=O) groups excluding carboxylic acids is 1. The molecule has 0 aromatic heterocycles. The number of hydrogen-bond donors (Lipinski definition) is 2. The van der Waals surface area contributed by atoms with E-state index < -0.39 is 18.2 Å². The first-order valence-corrected chi connectivity index (χ1v) is 10.6. The molecule has 0 heterocycles. The van der Waals surface area contributed by atoms with Gasteiger partial charge < -0.3 is 20.3 Å². The Kier molecular flexibility index (Phi) is 9.15. The van der Waals surface area contributed by atoms with Crippen molar-refractivity contribution in [2.45, 2.75) is 51.9 Å². The first-order valence-electron chi connectivity index (χ1n) is 10.6. The molecule has 1 aromatic rings. The van der Waals surface area contributed by atoms with E-state index in [2.05, 4.69) is 20.4 Å². The van der Waals surface area contributed by atoms with Crippen LogP contribution in [0.2, 0.25) is 0 Å². The van der Waals surface area contributed by atoms with Crippen molar-refractivity contribution in [3.8, 4) is 0 Å². The topological polar surface area (TPSA) is 66.0 Å². The molecule has 0 aliphatic heterocycles. The summed E-state index contributed by atoms with van der Waals surface area (Å²) in [6.45, 7) is 2.27. The Bertz CT molecular complexity index is 727. The molecule has 1 amide bonds. The van der Waals surface area contributed by atoms with Crippen molar-refractivity contribution in [2.75, 3.05) is 33.8 Å². The van der Waals surface area contributed by atoms with Crippen LogP contribution in [0.25, 0.3) is 0 Å². The van der Waals surface area contributed by atoms with Gasteiger partial charge in [-0.25, -0.2) is 4.99 Å². The third kappa shape index (κ3) is 8.05. The molecule has 0 spiro atoms. The van der Waals surface area contributed by atoms with Crippen LogP contribution in [-0.2, 0) is 22.7 Å². The third-order valence-electron chi connectivity index (χ3n) is 5.34. The molecule has 174 valence electrons. The summed E-state index contributed by atoms with van der Waals surface area (Å²) in [6.07, 6.45) is -0.483. The molecule has 1 aliphatic rings. The monoisotopic (exact) mass is 442 g/mol. The lowest BCUT2D eigenvalue weighted by Crippen LogP contribution is -2.49. The normalized spacial score (nSPS) is 16.3. The van der Waals surface area contributed by atoms with Crippen molar-refractivity contribution in [1.29, 1.82) is 0 Å². The number of ether oxygens (including phenoxy) is 1. The van der Waals surface area contributed by atoms with E-state index in [9.17, 15) is 18.0 Å². The molecular formula is C22H33F3N4O2. The molecule has 1 aliphatic carbocycles. The summed E-state index contributed by atoms with van der Waals surface area (Å²) in [6, 6.07) is 7.14. The number of aliphatic imine (C=N–C) groups is 1. The third-order valence-corrected chi connectivity index (χ3v) is 5.34. The highest BCUT2D eigenvalue weighted by atomic mass is 19.4. The second kappa shape index (κ2) is 11.4. The Morgan fingerprint density at radius 1 is 1.13 bits per heavy atom. The largest absolute Gasteiger partial charge is 0.411 e. The van der Waals surface area contributed by atoms with Crippen LogP contribution in [-0.4, -0.2) is 56.7 Å². The number of benzene rings is 1. The Hall–Kier alpha value is -2.29. The maximum absolute atomic E-state index is 12.7. The lowest BCUT2D eigenvalue weighted by molar-refractivity contribution is -0.176. The van der Waals surface area contributed by atoms with E-state index >= 15 is 0 Å². The van der Waals surface area contributed by atoms with Crippen molar-refractivity contribution in [3.05, 3.63) is 35.4 Å². The van der Waals surface area contributed by atoms with Crippen LogP contribution in [0.5, 0.6) is 0 Å². The highest BCUT2D eigenvalue weighted by molar-refractivity contribution is 5.85. The zero-order valence-corrected chi connectivity index (χ0v) is 18.5. The molecule has 1 aromatic carbocycles. The molecule has 0 atom stereocenters. The smallest absolute Gasteiger partial charge is 0.367 e. The lowest BCUT2D eigenvalue weighted by Gasteiger charge is -2.31. The summed E-state index contributed by atoms with van der Waals surface area (Å²) in [5, 5.41) is 6.53. The Morgan fingerprint density at radius 2 is 1.74 bits per heavy atom. The maximum Gasteiger partial charge on any atom is 0.411 e. The summed E-state index contributed by atoms with van der Waals surface area (Å²) >= 11 is 0. The van der Waals surface area contributed by atoms with E-state index in [1.54, 1.807) is 31.1 Å². The molecule has 0 unspecified atom stereocenters. The van der Waals surface area contributed by atoms with Gasteiger partial charge in [0.15, 0.2) is 5.96 Å². The van der Waals surface area contributed by atoms with Gasteiger partial charge in [-0.1, -0.05) is 37.1 Å². The van der Waals surface area contributed by atoms with E-state index in [1.165, 1.54) is 0 Å². The van der Waals surface area contributed by atoms with Crippen molar-refractivity contribution in [1.82, 2.24) is 15.5 Å². The number of rotatable bonds is 9. The van der Waals surface area contributed by atoms with Crippen LogP contribution in [0, 0.1) is 5.41 Å². The van der Waals surface area contributed by atoms with E-state index in [4.69, 9.17) is 0 Å². The number of halogens is 3. The minimum atomic E-state index is -4.32. The van der Waals surface area contributed by atoms with Gasteiger partial charge in [0.05, 0.1) is 18.6 Å². The molecule has 9 heteroatoms. The predicted molar refractivity (Wildman–Crippen MR) is 115 cm³/mol. The van der Waals surface area contributed by atoms with Gasteiger partial charge in [-0.3, -0.25) is 4.79 Å². The molecule has 31 heavy (non-hydrogen) atoms. The molecule has 1 fully saturated rings. The van der Waals surface area contributed by atoms with Crippen LogP contribution in [0.4, 0.5) is 13.2 Å². The first-order chi connectivity index (χ1) is 14.6. The Morgan fingerprint density at radius 3 is 2.29 bits per heavy atom. The fourth-order valence-electron chi connectivity index (χ4n) is 3.78. The summed E-state index contributed by atoms with van der Waals surface area (Å²) in [4.78, 5) is 19.0. The molecule has 1 saturated carbocycles. The van der Waals surface area contributed by atoms with Crippen LogP contribution < -0.4 is 10.6 Å². The van der Waals surface area contributed by atoms with Crippen molar-refractivity contribution < 1.29 is 22.7 Å². The van der Waals surface area contributed by atoms with Crippen LogP contribution >= 0.6 is 0 Å². The SMILES string of the molecule is CCNC(=NCc1ccc(COCC(F)(F)F)cc1)NCC1(C(=O)N(C)C)CCCC1. The highest BCUT2D eigenvalue weighted by Gasteiger charge is 2.42.